The maximum absolute atomic E-state index is 12.4. The molecular weight excluding hydrogens is 271 g/mol. The Kier molecular flexibility index (Phi) is 3.74. The molecule has 0 saturated carbocycles. The molecule has 0 radical (unpaired) electrons. The van der Waals surface area contributed by atoms with Crippen LogP contribution in [0.4, 0.5) is 13.2 Å². The van der Waals surface area contributed by atoms with Gasteiger partial charge in [0.25, 0.3) is 0 Å². The molecule has 0 fully saturated rings. The second-order valence-corrected chi connectivity index (χ2v) is 4.00. The van der Waals surface area contributed by atoms with Crippen molar-refractivity contribution < 1.29 is 22.7 Å². The number of rotatable bonds is 2. The van der Waals surface area contributed by atoms with Crippen LogP contribution in [0.15, 0.2) is 42.6 Å². The van der Waals surface area contributed by atoms with Gasteiger partial charge in [-0.25, -0.2) is 4.79 Å². The summed E-state index contributed by atoms with van der Waals surface area (Å²) in [5, 5.41) is 0. The minimum absolute atomic E-state index is 0.312. The number of benzene rings is 1. The van der Waals surface area contributed by atoms with Crippen LogP contribution >= 0.6 is 0 Å². The lowest BCUT2D eigenvalue weighted by molar-refractivity contribution is -0.137. The van der Waals surface area contributed by atoms with Gasteiger partial charge in [0.1, 0.15) is 0 Å². The monoisotopic (exact) mass is 281 g/mol. The average molecular weight is 281 g/mol. The predicted octanol–water partition coefficient (Wildman–Crippen LogP) is 3.55. The zero-order valence-electron chi connectivity index (χ0n) is 10.4. The van der Waals surface area contributed by atoms with Gasteiger partial charge >= 0.3 is 12.1 Å². The molecule has 2 aromatic rings. The first-order valence-electron chi connectivity index (χ1n) is 5.64. The third-order valence-electron chi connectivity index (χ3n) is 2.67. The number of hydrogen-bond donors (Lipinski definition) is 0. The Balaban J connectivity index is 2.35. The van der Waals surface area contributed by atoms with Crippen molar-refractivity contribution in [2.75, 3.05) is 7.11 Å². The zero-order chi connectivity index (χ0) is 14.8. The fourth-order valence-electron chi connectivity index (χ4n) is 1.66. The number of alkyl halides is 3. The van der Waals surface area contributed by atoms with Crippen LogP contribution in [0.5, 0.6) is 0 Å². The standard InChI is InChI=1S/C14H10F3NO2/c1-20-13(19)10-4-2-3-9(7-10)12-6-5-11(8-18-12)14(15,16)17/h2-8H,1H3. The van der Waals surface area contributed by atoms with Gasteiger partial charge in [0.05, 0.1) is 23.9 Å². The van der Waals surface area contributed by atoms with Gasteiger partial charge in [0, 0.05) is 11.8 Å². The van der Waals surface area contributed by atoms with Crippen molar-refractivity contribution in [3.63, 3.8) is 0 Å². The molecule has 2 rings (SSSR count). The third kappa shape index (κ3) is 2.96. The van der Waals surface area contributed by atoms with Gasteiger partial charge in [-0.15, -0.1) is 0 Å². The SMILES string of the molecule is COC(=O)c1cccc(-c2ccc(C(F)(F)F)cn2)c1. The number of hydrogen-bond acceptors (Lipinski definition) is 3. The highest BCUT2D eigenvalue weighted by atomic mass is 19.4. The first kappa shape index (κ1) is 14.0. The summed E-state index contributed by atoms with van der Waals surface area (Å²) in [6, 6.07) is 8.55. The van der Waals surface area contributed by atoms with E-state index >= 15 is 0 Å². The first-order valence-corrected chi connectivity index (χ1v) is 5.64. The molecule has 0 aliphatic rings. The molecule has 0 unspecified atom stereocenters. The van der Waals surface area contributed by atoms with Crippen LogP contribution in [0.1, 0.15) is 15.9 Å². The molecule has 20 heavy (non-hydrogen) atoms. The van der Waals surface area contributed by atoms with Gasteiger partial charge in [-0.05, 0) is 24.3 Å². The van der Waals surface area contributed by atoms with Gasteiger partial charge in [0.2, 0.25) is 0 Å². The van der Waals surface area contributed by atoms with E-state index in [0.29, 0.717) is 16.8 Å². The molecule has 0 spiro atoms. The van der Waals surface area contributed by atoms with Crippen LogP contribution in [0.25, 0.3) is 11.3 Å². The van der Waals surface area contributed by atoms with Gasteiger partial charge in [-0.2, -0.15) is 13.2 Å². The van der Waals surface area contributed by atoms with Gasteiger partial charge in [-0.3, -0.25) is 4.98 Å². The van der Waals surface area contributed by atoms with Crippen molar-refractivity contribution in [3.8, 4) is 11.3 Å². The minimum Gasteiger partial charge on any atom is -0.465 e. The summed E-state index contributed by atoms with van der Waals surface area (Å²) < 4.78 is 41.9. The van der Waals surface area contributed by atoms with E-state index < -0.39 is 17.7 Å². The van der Waals surface area contributed by atoms with E-state index in [9.17, 15) is 18.0 Å². The Morgan fingerprint density at radius 2 is 1.95 bits per heavy atom. The molecule has 0 N–H and O–H groups in total. The highest BCUT2D eigenvalue weighted by Crippen LogP contribution is 2.29. The number of halogens is 3. The largest absolute Gasteiger partial charge is 0.465 e. The van der Waals surface area contributed by atoms with Crippen LogP contribution in [-0.4, -0.2) is 18.1 Å². The Morgan fingerprint density at radius 1 is 1.20 bits per heavy atom. The first-order chi connectivity index (χ1) is 9.41. The Bertz CT molecular complexity index is 621. The molecule has 1 heterocycles. The summed E-state index contributed by atoms with van der Waals surface area (Å²) in [7, 11) is 1.26. The van der Waals surface area contributed by atoms with Crippen molar-refractivity contribution in [2.45, 2.75) is 6.18 Å². The predicted molar refractivity (Wildman–Crippen MR) is 66.0 cm³/mol. The summed E-state index contributed by atoms with van der Waals surface area (Å²) in [4.78, 5) is 15.2. The minimum atomic E-state index is -4.42. The van der Waals surface area contributed by atoms with Gasteiger partial charge in [-0.1, -0.05) is 12.1 Å². The van der Waals surface area contributed by atoms with Crippen molar-refractivity contribution in [3.05, 3.63) is 53.7 Å². The molecule has 0 saturated heterocycles. The average Bonchev–Trinajstić information content (AvgIpc) is 2.46. The summed E-state index contributed by atoms with van der Waals surface area (Å²) in [5.41, 5.74) is 0.391. The van der Waals surface area contributed by atoms with E-state index in [4.69, 9.17) is 0 Å². The quantitative estimate of drug-likeness (QED) is 0.790. The molecule has 1 aromatic heterocycles. The van der Waals surface area contributed by atoms with Crippen molar-refractivity contribution >= 4 is 5.97 Å². The number of aromatic nitrogens is 1. The van der Waals surface area contributed by atoms with E-state index in [0.717, 1.165) is 12.3 Å². The maximum atomic E-state index is 12.4. The molecule has 3 nitrogen and oxygen atoms in total. The second-order valence-electron chi connectivity index (χ2n) is 4.00. The molecule has 0 atom stereocenters. The van der Waals surface area contributed by atoms with Crippen LogP contribution in [0.3, 0.4) is 0 Å². The smallest absolute Gasteiger partial charge is 0.417 e. The molecule has 6 heteroatoms. The van der Waals surface area contributed by atoms with Crippen molar-refractivity contribution in [2.24, 2.45) is 0 Å². The van der Waals surface area contributed by atoms with Gasteiger partial charge in [0.15, 0.2) is 0 Å². The Labute approximate surface area is 113 Å². The van der Waals surface area contributed by atoms with Crippen molar-refractivity contribution in [1.29, 1.82) is 0 Å². The number of esters is 1. The summed E-state index contributed by atoms with van der Waals surface area (Å²) in [5.74, 6) is -0.515. The Morgan fingerprint density at radius 3 is 2.50 bits per heavy atom. The van der Waals surface area contributed by atoms with Crippen LogP contribution in [-0.2, 0) is 10.9 Å². The number of methoxy groups -OCH3 is 1. The molecule has 0 aliphatic carbocycles. The zero-order valence-corrected chi connectivity index (χ0v) is 10.4. The van der Waals surface area contributed by atoms with Crippen molar-refractivity contribution in [1.82, 2.24) is 4.98 Å². The molecule has 1 aromatic carbocycles. The molecule has 104 valence electrons. The Hall–Kier alpha value is -2.37. The topological polar surface area (TPSA) is 39.2 Å². The van der Waals surface area contributed by atoms with E-state index in [1.165, 1.54) is 19.2 Å². The summed E-state index contributed by atoms with van der Waals surface area (Å²) in [6.45, 7) is 0. The van der Waals surface area contributed by atoms with E-state index in [1.807, 2.05) is 0 Å². The highest BCUT2D eigenvalue weighted by molar-refractivity contribution is 5.90. The van der Waals surface area contributed by atoms with E-state index in [-0.39, 0.29) is 0 Å². The lowest BCUT2D eigenvalue weighted by Crippen LogP contribution is -2.05. The number of ether oxygens (including phenoxy) is 1. The highest BCUT2D eigenvalue weighted by Gasteiger charge is 2.30. The maximum Gasteiger partial charge on any atom is 0.417 e. The fraction of sp³-hybridized carbons (Fsp3) is 0.143. The number of carbonyl (C=O) groups is 1. The van der Waals surface area contributed by atoms with Crippen LogP contribution in [0.2, 0.25) is 0 Å². The molecule has 0 amide bonds. The summed E-state index contributed by atoms with van der Waals surface area (Å²) in [6.07, 6.45) is -3.65. The molecule has 0 aliphatic heterocycles. The fourth-order valence-corrected chi connectivity index (χ4v) is 1.66. The number of nitrogens with zero attached hydrogens (tertiary/aromatic N) is 1. The lowest BCUT2D eigenvalue weighted by Gasteiger charge is -2.07. The normalized spacial score (nSPS) is 11.2. The number of carbonyl (C=O) groups excluding carboxylic acids is 1. The number of pyridine rings is 1. The third-order valence-corrected chi connectivity index (χ3v) is 2.67. The van der Waals surface area contributed by atoms with Crippen LogP contribution < -0.4 is 0 Å². The summed E-state index contributed by atoms with van der Waals surface area (Å²) >= 11 is 0. The van der Waals surface area contributed by atoms with E-state index in [2.05, 4.69) is 9.72 Å². The van der Waals surface area contributed by atoms with Gasteiger partial charge < -0.3 is 4.74 Å². The molecular formula is C14H10F3NO2. The lowest BCUT2D eigenvalue weighted by atomic mass is 10.1. The van der Waals surface area contributed by atoms with Crippen LogP contribution in [0, 0.1) is 0 Å². The molecule has 0 bridgehead atoms. The van der Waals surface area contributed by atoms with E-state index in [1.54, 1.807) is 18.2 Å². The second kappa shape index (κ2) is 5.32.